The smallest absolute Gasteiger partial charge is 0.206 e. The summed E-state index contributed by atoms with van der Waals surface area (Å²) >= 11 is 0. The fourth-order valence-corrected chi connectivity index (χ4v) is 0.719. The van der Waals surface area contributed by atoms with Gasteiger partial charge in [0.1, 0.15) is 11.6 Å². The van der Waals surface area contributed by atoms with Crippen molar-refractivity contribution in [1.82, 2.24) is 0 Å². The molecule has 0 bridgehead atoms. The molecule has 0 amide bonds. The second-order valence-corrected chi connectivity index (χ2v) is 1.94. The maximum absolute atomic E-state index is 12.4. The highest BCUT2D eigenvalue weighted by Crippen LogP contribution is 2.24. The van der Waals surface area contributed by atoms with E-state index < -0.39 is 23.6 Å². The molecule has 0 nitrogen and oxygen atoms in total. The summed E-state index contributed by atoms with van der Waals surface area (Å²) in [4.78, 5) is 0. The first-order valence-corrected chi connectivity index (χ1v) is 2.85. The van der Waals surface area contributed by atoms with Crippen molar-refractivity contribution < 1.29 is 17.6 Å². The molecule has 0 aliphatic carbocycles. The van der Waals surface area contributed by atoms with Crippen LogP contribution in [0.3, 0.4) is 0 Å². The van der Waals surface area contributed by atoms with Crippen molar-refractivity contribution in [2.75, 3.05) is 0 Å². The third kappa shape index (κ3) is 1.50. The molecule has 0 aliphatic rings. The molecule has 0 saturated heterocycles. The third-order valence-electron chi connectivity index (χ3n) is 1.22. The molecule has 1 aromatic carbocycles. The minimum absolute atomic E-state index is 0.796. The van der Waals surface area contributed by atoms with Crippen LogP contribution in [0.2, 0.25) is 0 Å². The number of hydrogen-bond donors (Lipinski definition) is 0. The standard InChI is InChI=1S/C7H4F4/c8-4-2-1-3-5(9)6(4)7(10)11/h1-3,7H. The number of alkyl halides is 2. The first kappa shape index (κ1) is 8.04. The van der Waals surface area contributed by atoms with Gasteiger partial charge in [-0.15, -0.1) is 0 Å². The van der Waals surface area contributed by atoms with Gasteiger partial charge in [-0.3, -0.25) is 0 Å². The molecule has 0 atom stereocenters. The lowest BCUT2D eigenvalue weighted by Gasteiger charge is -2.01. The molecule has 0 aliphatic heterocycles. The first-order chi connectivity index (χ1) is 5.13. The topological polar surface area (TPSA) is 0 Å². The molecular weight excluding hydrogens is 160 g/mol. The fourth-order valence-electron chi connectivity index (χ4n) is 0.719. The largest absolute Gasteiger partial charge is 0.269 e. The quantitative estimate of drug-likeness (QED) is 0.560. The summed E-state index contributed by atoms with van der Waals surface area (Å²) in [5, 5.41) is 0. The number of benzene rings is 1. The van der Waals surface area contributed by atoms with Crippen LogP contribution in [0, 0.1) is 11.6 Å². The van der Waals surface area contributed by atoms with E-state index in [1.807, 2.05) is 0 Å². The summed E-state index contributed by atoms with van der Waals surface area (Å²) in [6, 6.07) is 2.63. The molecule has 1 aromatic rings. The van der Waals surface area contributed by atoms with Crippen LogP contribution in [0.25, 0.3) is 0 Å². The van der Waals surface area contributed by atoms with Crippen molar-refractivity contribution >= 4 is 0 Å². The van der Waals surface area contributed by atoms with Crippen LogP contribution in [0.4, 0.5) is 17.6 Å². The Balaban J connectivity index is 3.21. The second-order valence-electron chi connectivity index (χ2n) is 1.94. The van der Waals surface area contributed by atoms with E-state index >= 15 is 0 Å². The van der Waals surface area contributed by atoms with Crippen molar-refractivity contribution in [1.29, 1.82) is 0 Å². The summed E-state index contributed by atoms with van der Waals surface area (Å²) in [7, 11) is 0. The molecule has 0 saturated carbocycles. The SMILES string of the molecule is Fc1cccc(F)c1C(F)F. The third-order valence-corrected chi connectivity index (χ3v) is 1.22. The number of rotatable bonds is 1. The predicted octanol–water partition coefficient (Wildman–Crippen LogP) is 2.90. The maximum atomic E-state index is 12.4. The normalized spacial score (nSPS) is 10.6. The van der Waals surface area contributed by atoms with Crippen molar-refractivity contribution in [3.05, 3.63) is 35.4 Å². The Labute approximate surface area is 60.5 Å². The zero-order valence-corrected chi connectivity index (χ0v) is 5.32. The molecule has 1 rings (SSSR count). The van der Waals surface area contributed by atoms with Gasteiger partial charge in [0.15, 0.2) is 0 Å². The summed E-state index contributed by atoms with van der Waals surface area (Å²) < 4.78 is 48.4. The van der Waals surface area contributed by atoms with Crippen LogP contribution in [-0.2, 0) is 0 Å². The average molecular weight is 164 g/mol. The van der Waals surface area contributed by atoms with Crippen molar-refractivity contribution in [3.8, 4) is 0 Å². The van der Waals surface area contributed by atoms with Crippen LogP contribution in [0.15, 0.2) is 18.2 Å². The Kier molecular flexibility index (Phi) is 2.12. The highest BCUT2D eigenvalue weighted by atomic mass is 19.3. The highest BCUT2D eigenvalue weighted by molar-refractivity contribution is 5.20. The zero-order valence-electron chi connectivity index (χ0n) is 5.32. The average Bonchev–Trinajstić information content (AvgIpc) is 1.85. The van der Waals surface area contributed by atoms with E-state index in [1.54, 1.807) is 0 Å². The maximum Gasteiger partial charge on any atom is 0.269 e. The van der Waals surface area contributed by atoms with Gasteiger partial charge in [0, 0.05) is 0 Å². The molecule has 0 spiro atoms. The minimum Gasteiger partial charge on any atom is -0.206 e. The Hall–Kier alpha value is -1.06. The van der Waals surface area contributed by atoms with E-state index in [9.17, 15) is 17.6 Å². The Morgan fingerprint density at radius 1 is 1.00 bits per heavy atom. The highest BCUT2D eigenvalue weighted by Gasteiger charge is 2.17. The molecule has 11 heavy (non-hydrogen) atoms. The van der Waals surface area contributed by atoms with E-state index in [-0.39, 0.29) is 0 Å². The van der Waals surface area contributed by atoms with Crippen molar-refractivity contribution in [3.63, 3.8) is 0 Å². The van der Waals surface area contributed by atoms with E-state index in [1.165, 1.54) is 0 Å². The Morgan fingerprint density at radius 3 is 1.73 bits per heavy atom. The van der Waals surface area contributed by atoms with E-state index in [0.717, 1.165) is 18.2 Å². The lowest BCUT2D eigenvalue weighted by atomic mass is 10.2. The van der Waals surface area contributed by atoms with E-state index in [2.05, 4.69) is 0 Å². The van der Waals surface area contributed by atoms with Crippen molar-refractivity contribution in [2.45, 2.75) is 6.43 Å². The lowest BCUT2D eigenvalue weighted by Crippen LogP contribution is -1.94. The number of hydrogen-bond acceptors (Lipinski definition) is 0. The first-order valence-electron chi connectivity index (χ1n) is 2.85. The number of halogens is 4. The van der Waals surface area contributed by atoms with E-state index in [0.29, 0.717) is 0 Å². The Morgan fingerprint density at radius 2 is 1.45 bits per heavy atom. The summed E-state index contributed by atoms with van der Waals surface area (Å²) in [5.41, 5.74) is -1.16. The van der Waals surface area contributed by atoms with Gasteiger partial charge in [0.05, 0.1) is 5.56 Å². The molecule has 0 heterocycles. The lowest BCUT2D eigenvalue weighted by molar-refractivity contribution is 0.141. The van der Waals surface area contributed by atoms with Gasteiger partial charge in [-0.05, 0) is 12.1 Å². The molecule has 0 fully saturated rings. The van der Waals surface area contributed by atoms with Gasteiger partial charge in [-0.25, -0.2) is 17.6 Å². The monoisotopic (exact) mass is 164 g/mol. The van der Waals surface area contributed by atoms with Crippen LogP contribution < -0.4 is 0 Å². The summed E-state index contributed by atoms with van der Waals surface area (Å²) in [6.45, 7) is 0. The van der Waals surface area contributed by atoms with Crippen LogP contribution in [-0.4, -0.2) is 0 Å². The molecule has 60 valence electrons. The molecule has 0 unspecified atom stereocenters. The van der Waals surface area contributed by atoms with Gasteiger partial charge in [-0.2, -0.15) is 0 Å². The zero-order chi connectivity index (χ0) is 8.43. The predicted molar refractivity (Wildman–Crippen MR) is 31.3 cm³/mol. The van der Waals surface area contributed by atoms with Gasteiger partial charge in [-0.1, -0.05) is 6.07 Å². The van der Waals surface area contributed by atoms with Crippen molar-refractivity contribution in [2.24, 2.45) is 0 Å². The molecule has 0 N–H and O–H groups in total. The molecule has 0 radical (unpaired) electrons. The van der Waals surface area contributed by atoms with Crippen LogP contribution >= 0.6 is 0 Å². The fraction of sp³-hybridized carbons (Fsp3) is 0.143. The summed E-state index contributed by atoms with van der Waals surface area (Å²) in [6.07, 6.45) is -3.10. The van der Waals surface area contributed by atoms with Crippen LogP contribution in [0.1, 0.15) is 12.0 Å². The molecule has 4 heteroatoms. The van der Waals surface area contributed by atoms with Crippen LogP contribution in [0.5, 0.6) is 0 Å². The van der Waals surface area contributed by atoms with Gasteiger partial charge < -0.3 is 0 Å². The molecular formula is C7H4F4. The summed E-state index contributed by atoms with van der Waals surface area (Å²) in [5.74, 6) is -2.42. The Bertz CT molecular complexity index is 236. The minimum atomic E-state index is -3.10. The van der Waals surface area contributed by atoms with Gasteiger partial charge in [0.25, 0.3) is 6.43 Å². The van der Waals surface area contributed by atoms with Gasteiger partial charge in [0.2, 0.25) is 0 Å². The second kappa shape index (κ2) is 2.90. The van der Waals surface area contributed by atoms with Gasteiger partial charge >= 0.3 is 0 Å². The molecule has 0 aromatic heterocycles. The van der Waals surface area contributed by atoms with E-state index in [4.69, 9.17) is 0 Å².